The van der Waals surface area contributed by atoms with Crippen molar-refractivity contribution in [3.63, 3.8) is 0 Å². The molecule has 9 heteroatoms. The van der Waals surface area contributed by atoms with Crippen molar-refractivity contribution in [3.05, 3.63) is 80.6 Å². The van der Waals surface area contributed by atoms with Crippen LogP contribution >= 0.6 is 23.2 Å². The summed E-state index contributed by atoms with van der Waals surface area (Å²) in [5.41, 5.74) is 4.92. The molecule has 0 unspecified atom stereocenters. The normalized spacial score (nSPS) is 14.4. The number of aryl methyl sites for hydroxylation is 1. The number of benzene rings is 1. The van der Waals surface area contributed by atoms with Crippen LogP contribution in [0.1, 0.15) is 56.4 Å². The van der Waals surface area contributed by atoms with Crippen molar-refractivity contribution >= 4 is 40.7 Å². The lowest BCUT2D eigenvalue weighted by atomic mass is 9.93. The summed E-state index contributed by atoms with van der Waals surface area (Å²) in [7, 11) is 0. The molecule has 1 aromatic carbocycles. The topological polar surface area (TPSA) is 96.8 Å². The van der Waals surface area contributed by atoms with Crippen LogP contribution in [0.2, 0.25) is 10.0 Å². The van der Waals surface area contributed by atoms with Crippen LogP contribution in [0.4, 0.5) is 0 Å². The molecule has 0 bridgehead atoms. The third kappa shape index (κ3) is 4.52. The van der Waals surface area contributed by atoms with Crippen molar-refractivity contribution in [1.29, 1.82) is 0 Å². The second kappa shape index (κ2) is 8.99. The first-order chi connectivity index (χ1) is 14.9. The number of fused-ring (bicyclic) bond motifs is 1. The minimum atomic E-state index is -0.446. The maximum atomic E-state index is 12.6. The molecule has 0 atom stereocenters. The monoisotopic (exact) mass is 459 g/mol. The molecule has 2 heterocycles. The molecule has 0 saturated carbocycles. The Balaban J connectivity index is 1.53. The molecule has 0 radical (unpaired) electrons. The number of halogens is 2. The molecule has 1 aliphatic rings. The molecule has 2 N–H and O–H groups in total. The SMILES string of the molecule is Cc1c(C(=O)NCc2ccco2)oc2c1/C(=N/NC(=O)c1ccc(Cl)cc1Cl)CCC2. The quantitative estimate of drug-likeness (QED) is 0.530. The second-order valence-corrected chi connectivity index (χ2v) is 7.94. The molecule has 3 aromatic rings. The van der Waals surface area contributed by atoms with Gasteiger partial charge in [0.25, 0.3) is 11.8 Å². The number of rotatable bonds is 5. The van der Waals surface area contributed by atoms with Crippen molar-refractivity contribution in [2.24, 2.45) is 5.10 Å². The van der Waals surface area contributed by atoms with Gasteiger partial charge in [0, 0.05) is 22.6 Å². The van der Waals surface area contributed by atoms with Gasteiger partial charge in [-0.25, -0.2) is 5.43 Å². The van der Waals surface area contributed by atoms with Crippen LogP contribution < -0.4 is 10.7 Å². The summed E-state index contributed by atoms with van der Waals surface area (Å²) in [5.74, 6) is 0.786. The number of hydrogen-bond donors (Lipinski definition) is 2. The Morgan fingerprint density at radius 3 is 2.74 bits per heavy atom. The van der Waals surface area contributed by atoms with Gasteiger partial charge in [0.1, 0.15) is 11.5 Å². The zero-order chi connectivity index (χ0) is 22.0. The first kappa shape index (κ1) is 21.2. The molecule has 160 valence electrons. The second-order valence-electron chi connectivity index (χ2n) is 7.09. The molecular formula is C22H19Cl2N3O4. The Labute approximate surface area is 188 Å². The van der Waals surface area contributed by atoms with Gasteiger partial charge < -0.3 is 14.2 Å². The molecule has 0 aliphatic heterocycles. The fraction of sp³-hybridized carbons (Fsp3) is 0.227. The zero-order valence-corrected chi connectivity index (χ0v) is 18.1. The number of amides is 2. The Hall–Kier alpha value is -3.03. The molecule has 0 fully saturated rings. The van der Waals surface area contributed by atoms with E-state index in [2.05, 4.69) is 15.8 Å². The number of hydrogen-bond acceptors (Lipinski definition) is 5. The summed E-state index contributed by atoms with van der Waals surface area (Å²) in [4.78, 5) is 25.1. The Kier molecular flexibility index (Phi) is 6.15. The molecule has 7 nitrogen and oxygen atoms in total. The number of hydrazone groups is 1. The summed E-state index contributed by atoms with van der Waals surface area (Å²) in [5, 5.41) is 7.77. The number of furan rings is 2. The predicted octanol–water partition coefficient (Wildman–Crippen LogP) is 4.89. The minimum Gasteiger partial charge on any atom is -0.467 e. The molecule has 0 saturated heterocycles. The maximum absolute atomic E-state index is 12.6. The molecule has 0 spiro atoms. The molecule has 1 aliphatic carbocycles. The van der Waals surface area contributed by atoms with E-state index >= 15 is 0 Å². The van der Waals surface area contributed by atoms with Crippen LogP contribution in [-0.4, -0.2) is 17.5 Å². The fourth-order valence-electron chi connectivity index (χ4n) is 3.51. The van der Waals surface area contributed by atoms with Gasteiger partial charge in [-0.2, -0.15) is 5.10 Å². The van der Waals surface area contributed by atoms with Gasteiger partial charge in [0.2, 0.25) is 0 Å². The Morgan fingerprint density at radius 2 is 2.00 bits per heavy atom. The lowest BCUT2D eigenvalue weighted by Crippen LogP contribution is -2.23. The van der Waals surface area contributed by atoms with Crippen molar-refractivity contribution in [2.45, 2.75) is 32.7 Å². The van der Waals surface area contributed by atoms with E-state index < -0.39 is 5.91 Å². The van der Waals surface area contributed by atoms with Crippen molar-refractivity contribution in [1.82, 2.24) is 10.7 Å². The average molecular weight is 460 g/mol. The number of nitrogens with one attached hydrogen (secondary N) is 2. The Morgan fingerprint density at radius 1 is 1.16 bits per heavy atom. The van der Waals surface area contributed by atoms with Gasteiger partial charge in [0.05, 0.1) is 29.1 Å². The standard InChI is InChI=1S/C22H19Cl2N3O4/c1-12-19-17(26-27-21(28)15-8-7-13(23)10-16(15)24)5-2-6-18(19)31-20(12)22(29)25-11-14-4-3-9-30-14/h3-4,7-10H,2,5-6,11H2,1H3,(H,25,29)(H,27,28)/b26-17+. The zero-order valence-electron chi connectivity index (χ0n) is 16.6. The van der Waals surface area contributed by atoms with Crippen molar-refractivity contribution in [3.8, 4) is 0 Å². The summed E-state index contributed by atoms with van der Waals surface area (Å²) in [6.07, 6.45) is 3.68. The smallest absolute Gasteiger partial charge is 0.287 e. The van der Waals surface area contributed by atoms with E-state index in [1.54, 1.807) is 24.5 Å². The summed E-state index contributed by atoms with van der Waals surface area (Å²) in [6.45, 7) is 2.07. The maximum Gasteiger partial charge on any atom is 0.287 e. The third-order valence-corrected chi connectivity index (χ3v) is 5.55. The van der Waals surface area contributed by atoms with E-state index in [0.717, 1.165) is 12.0 Å². The average Bonchev–Trinajstić information content (AvgIpc) is 3.38. The fourth-order valence-corrected chi connectivity index (χ4v) is 4.00. The van der Waals surface area contributed by atoms with E-state index in [4.69, 9.17) is 32.0 Å². The van der Waals surface area contributed by atoms with Crippen LogP contribution in [0.5, 0.6) is 0 Å². The number of nitrogens with zero attached hydrogens (tertiary/aromatic N) is 1. The first-order valence-electron chi connectivity index (χ1n) is 9.69. The van der Waals surface area contributed by atoms with Crippen LogP contribution in [0, 0.1) is 6.92 Å². The highest BCUT2D eigenvalue weighted by Crippen LogP contribution is 2.30. The summed E-state index contributed by atoms with van der Waals surface area (Å²) >= 11 is 12.0. The largest absolute Gasteiger partial charge is 0.467 e. The van der Waals surface area contributed by atoms with Crippen LogP contribution in [0.3, 0.4) is 0 Å². The van der Waals surface area contributed by atoms with E-state index in [1.165, 1.54) is 12.1 Å². The first-order valence-corrected chi connectivity index (χ1v) is 10.4. The van der Waals surface area contributed by atoms with Gasteiger partial charge in [-0.3, -0.25) is 9.59 Å². The van der Waals surface area contributed by atoms with Gasteiger partial charge in [-0.05, 0) is 50.1 Å². The molecule has 31 heavy (non-hydrogen) atoms. The van der Waals surface area contributed by atoms with Gasteiger partial charge in [-0.1, -0.05) is 23.2 Å². The Bertz CT molecular complexity index is 1170. The van der Waals surface area contributed by atoms with E-state index in [1.807, 2.05) is 6.92 Å². The molecular weight excluding hydrogens is 441 g/mol. The number of carbonyl (C=O) groups is 2. The molecule has 2 amide bonds. The van der Waals surface area contributed by atoms with Crippen LogP contribution in [0.15, 0.2) is 50.5 Å². The molecule has 4 rings (SSSR count). The van der Waals surface area contributed by atoms with Gasteiger partial charge in [0.15, 0.2) is 5.76 Å². The highest BCUT2D eigenvalue weighted by molar-refractivity contribution is 6.36. The highest BCUT2D eigenvalue weighted by atomic mass is 35.5. The third-order valence-electron chi connectivity index (χ3n) is 5.00. The van der Waals surface area contributed by atoms with Crippen LogP contribution in [-0.2, 0) is 13.0 Å². The van der Waals surface area contributed by atoms with Crippen molar-refractivity contribution in [2.75, 3.05) is 0 Å². The van der Waals surface area contributed by atoms with E-state index in [0.29, 0.717) is 40.7 Å². The van der Waals surface area contributed by atoms with Gasteiger partial charge >= 0.3 is 0 Å². The van der Waals surface area contributed by atoms with E-state index in [-0.39, 0.29) is 28.8 Å². The predicted molar refractivity (Wildman–Crippen MR) is 117 cm³/mol. The molecule has 2 aromatic heterocycles. The summed E-state index contributed by atoms with van der Waals surface area (Å²) < 4.78 is 11.1. The van der Waals surface area contributed by atoms with Crippen molar-refractivity contribution < 1.29 is 18.4 Å². The van der Waals surface area contributed by atoms with E-state index in [9.17, 15) is 9.59 Å². The van der Waals surface area contributed by atoms with Crippen LogP contribution in [0.25, 0.3) is 0 Å². The highest BCUT2D eigenvalue weighted by Gasteiger charge is 2.28. The minimum absolute atomic E-state index is 0.234. The number of carbonyl (C=O) groups excluding carboxylic acids is 2. The summed E-state index contributed by atoms with van der Waals surface area (Å²) in [6, 6.07) is 8.16. The lowest BCUT2D eigenvalue weighted by molar-refractivity contribution is 0.0916. The van der Waals surface area contributed by atoms with Gasteiger partial charge in [-0.15, -0.1) is 0 Å². The lowest BCUT2D eigenvalue weighted by Gasteiger charge is -2.13.